The van der Waals surface area contributed by atoms with Gasteiger partial charge in [-0.05, 0) is 38.4 Å². The van der Waals surface area contributed by atoms with Crippen LogP contribution < -0.4 is 5.32 Å². The lowest BCUT2D eigenvalue weighted by molar-refractivity contribution is -0.144. The Balaban J connectivity index is 2.23. The summed E-state index contributed by atoms with van der Waals surface area (Å²) in [5, 5.41) is 21.0. The third kappa shape index (κ3) is 4.72. The van der Waals surface area contributed by atoms with Gasteiger partial charge in [0, 0.05) is 11.8 Å². The number of carbonyl (C=O) groups is 1. The molecule has 16 heavy (non-hydrogen) atoms. The molecule has 0 aliphatic heterocycles. The van der Waals surface area contributed by atoms with E-state index in [4.69, 9.17) is 5.11 Å². The molecule has 1 saturated carbocycles. The van der Waals surface area contributed by atoms with E-state index in [1.807, 2.05) is 0 Å². The summed E-state index contributed by atoms with van der Waals surface area (Å²) >= 11 is 1.67. The molecule has 0 amide bonds. The van der Waals surface area contributed by atoms with E-state index in [1.54, 1.807) is 18.7 Å². The van der Waals surface area contributed by atoms with Gasteiger partial charge in [-0.3, -0.25) is 10.1 Å². The Kier molecular flexibility index (Phi) is 5.58. The van der Waals surface area contributed by atoms with E-state index in [1.165, 1.54) is 0 Å². The Hall–Kier alpha value is -0.260. The van der Waals surface area contributed by atoms with Gasteiger partial charge in [0.05, 0.1) is 6.61 Å². The lowest BCUT2D eigenvalue weighted by Gasteiger charge is -2.26. The predicted octanol–water partition coefficient (Wildman–Crippen LogP) is 1.09. The molecule has 3 N–H and O–H groups in total. The summed E-state index contributed by atoms with van der Waals surface area (Å²) in [5.74, 6) is 0.891. The zero-order valence-corrected chi connectivity index (χ0v) is 10.6. The molecular weight excluding hydrogens is 226 g/mol. The second-order valence-electron chi connectivity index (χ2n) is 4.50. The van der Waals surface area contributed by atoms with E-state index in [-0.39, 0.29) is 6.61 Å². The molecule has 0 radical (unpaired) electrons. The van der Waals surface area contributed by atoms with Crippen LogP contribution in [0.4, 0.5) is 0 Å². The average molecular weight is 247 g/mol. The Labute approximate surface area is 101 Å². The van der Waals surface area contributed by atoms with Crippen LogP contribution >= 0.6 is 11.8 Å². The number of hydrogen-bond acceptors (Lipinski definition) is 4. The molecule has 4 nitrogen and oxygen atoms in total. The van der Waals surface area contributed by atoms with Gasteiger partial charge in [0.1, 0.15) is 5.54 Å². The van der Waals surface area contributed by atoms with Crippen LogP contribution in [0.5, 0.6) is 0 Å². The molecule has 0 heterocycles. The van der Waals surface area contributed by atoms with Crippen molar-refractivity contribution in [2.75, 3.05) is 18.1 Å². The van der Waals surface area contributed by atoms with Crippen LogP contribution in [0, 0.1) is 0 Å². The molecule has 0 aromatic carbocycles. The number of carboxylic acids is 1. The van der Waals surface area contributed by atoms with Crippen molar-refractivity contribution in [2.45, 2.75) is 44.2 Å². The Morgan fingerprint density at radius 2 is 2.19 bits per heavy atom. The molecule has 1 rings (SSSR count). The summed E-state index contributed by atoms with van der Waals surface area (Å²) in [6.07, 6.45) is 3.72. The average Bonchev–Trinajstić information content (AvgIpc) is 3.01. The molecule has 0 bridgehead atoms. The van der Waals surface area contributed by atoms with E-state index >= 15 is 0 Å². The molecule has 0 saturated heterocycles. The summed E-state index contributed by atoms with van der Waals surface area (Å²) in [4.78, 5) is 11.2. The largest absolute Gasteiger partial charge is 0.480 e. The van der Waals surface area contributed by atoms with E-state index in [0.717, 1.165) is 30.8 Å². The molecule has 0 spiro atoms. The molecular formula is C11H21NO3S. The highest BCUT2D eigenvalue weighted by Gasteiger charge is 2.37. The molecule has 1 aliphatic carbocycles. The Morgan fingerprint density at radius 3 is 2.69 bits per heavy atom. The van der Waals surface area contributed by atoms with Gasteiger partial charge in [-0.1, -0.05) is 0 Å². The van der Waals surface area contributed by atoms with Crippen LogP contribution in [-0.2, 0) is 4.79 Å². The molecule has 1 unspecified atom stereocenters. The number of nitrogens with one attached hydrogen (secondary N) is 1. The molecule has 1 atom stereocenters. The molecule has 0 aromatic rings. The number of rotatable bonds is 9. The minimum atomic E-state index is -0.777. The zero-order chi connectivity index (χ0) is 12.0. The normalized spacial score (nSPS) is 19.4. The third-order valence-corrected chi connectivity index (χ3v) is 3.82. The monoisotopic (exact) mass is 247 g/mol. The van der Waals surface area contributed by atoms with Crippen molar-refractivity contribution in [3.63, 3.8) is 0 Å². The Morgan fingerprint density at radius 1 is 1.50 bits per heavy atom. The van der Waals surface area contributed by atoms with Gasteiger partial charge in [-0.15, -0.1) is 0 Å². The highest BCUT2D eigenvalue weighted by Crippen LogP contribution is 2.25. The maximum Gasteiger partial charge on any atom is 0.323 e. The van der Waals surface area contributed by atoms with Crippen molar-refractivity contribution in [3.05, 3.63) is 0 Å². The second-order valence-corrected chi connectivity index (χ2v) is 5.72. The summed E-state index contributed by atoms with van der Waals surface area (Å²) < 4.78 is 0. The lowest BCUT2D eigenvalue weighted by atomic mass is 9.96. The maximum absolute atomic E-state index is 11.2. The minimum absolute atomic E-state index is 0.196. The van der Waals surface area contributed by atoms with Crippen molar-refractivity contribution in [1.82, 2.24) is 5.32 Å². The summed E-state index contributed by atoms with van der Waals surface area (Å²) in [7, 11) is 0. The van der Waals surface area contributed by atoms with Gasteiger partial charge < -0.3 is 10.2 Å². The number of thioether (sulfide) groups is 1. The first-order valence-corrected chi connectivity index (χ1v) is 6.93. The van der Waals surface area contributed by atoms with Crippen LogP contribution in [0.25, 0.3) is 0 Å². The van der Waals surface area contributed by atoms with Gasteiger partial charge >= 0.3 is 5.97 Å². The van der Waals surface area contributed by atoms with Crippen LogP contribution in [0.3, 0.4) is 0 Å². The first-order valence-electron chi connectivity index (χ1n) is 5.78. The van der Waals surface area contributed by atoms with Gasteiger partial charge in [0.15, 0.2) is 0 Å². The lowest BCUT2D eigenvalue weighted by Crippen LogP contribution is -2.50. The van der Waals surface area contributed by atoms with Crippen molar-refractivity contribution >= 4 is 17.7 Å². The van der Waals surface area contributed by atoms with Crippen molar-refractivity contribution in [3.8, 4) is 0 Å². The third-order valence-electron chi connectivity index (χ3n) is 2.77. The first kappa shape index (κ1) is 13.8. The van der Waals surface area contributed by atoms with Gasteiger partial charge in [-0.25, -0.2) is 0 Å². The second kappa shape index (κ2) is 6.47. The standard InChI is InChI=1S/C11H21NO3S/c1-11(10(14)15,12-9-3-4-9)5-2-7-16-8-6-13/h9,12-13H,2-8H2,1H3,(H,14,15). The van der Waals surface area contributed by atoms with Crippen molar-refractivity contribution in [2.24, 2.45) is 0 Å². The highest BCUT2D eigenvalue weighted by molar-refractivity contribution is 7.99. The fourth-order valence-electron chi connectivity index (χ4n) is 1.61. The molecule has 0 aromatic heterocycles. The van der Waals surface area contributed by atoms with E-state index < -0.39 is 11.5 Å². The molecule has 1 aliphatic rings. The number of aliphatic hydroxyl groups excluding tert-OH is 1. The number of carboxylic acid groups (broad SMARTS) is 1. The van der Waals surface area contributed by atoms with Crippen LogP contribution in [0.15, 0.2) is 0 Å². The zero-order valence-electron chi connectivity index (χ0n) is 9.74. The number of aliphatic carboxylic acids is 1. The quantitative estimate of drug-likeness (QED) is 0.532. The summed E-state index contributed by atoms with van der Waals surface area (Å²) in [6.45, 7) is 1.96. The Bertz CT molecular complexity index is 233. The summed E-state index contributed by atoms with van der Waals surface area (Å²) in [5.41, 5.74) is -0.777. The van der Waals surface area contributed by atoms with Gasteiger partial charge in [-0.2, -0.15) is 11.8 Å². The van der Waals surface area contributed by atoms with E-state index in [0.29, 0.717) is 12.5 Å². The van der Waals surface area contributed by atoms with Gasteiger partial charge in [0.25, 0.3) is 0 Å². The number of aliphatic hydroxyl groups is 1. The first-order chi connectivity index (χ1) is 7.58. The van der Waals surface area contributed by atoms with E-state index in [2.05, 4.69) is 5.32 Å². The molecule has 94 valence electrons. The fourth-order valence-corrected chi connectivity index (χ4v) is 2.30. The smallest absolute Gasteiger partial charge is 0.323 e. The topological polar surface area (TPSA) is 69.6 Å². The van der Waals surface area contributed by atoms with Crippen molar-refractivity contribution < 1.29 is 15.0 Å². The highest BCUT2D eigenvalue weighted by atomic mass is 32.2. The fraction of sp³-hybridized carbons (Fsp3) is 0.909. The van der Waals surface area contributed by atoms with E-state index in [9.17, 15) is 9.90 Å². The molecule has 1 fully saturated rings. The summed E-state index contributed by atoms with van der Waals surface area (Å²) in [6, 6.07) is 0.409. The minimum Gasteiger partial charge on any atom is -0.480 e. The van der Waals surface area contributed by atoms with Crippen LogP contribution in [0.1, 0.15) is 32.6 Å². The maximum atomic E-state index is 11.2. The number of hydrogen-bond donors (Lipinski definition) is 3. The molecule has 5 heteroatoms. The SMILES string of the molecule is CC(CCCSCCO)(NC1CC1)C(=O)O. The predicted molar refractivity (Wildman–Crippen MR) is 65.8 cm³/mol. The van der Waals surface area contributed by atoms with Crippen molar-refractivity contribution in [1.29, 1.82) is 0 Å². The van der Waals surface area contributed by atoms with Crippen LogP contribution in [0.2, 0.25) is 0 Å². The van der Waals surface area contributed by atoms with Gasteiger partial charge in [0.2, 0.25) is 0 Å². The van der Waals surface area contributed by atoms with Crippen LogP contribution in [-0.4, -0.2) is 45.9 Å².